The van der Waals surface area contributed by atoms with Crippen LogP contribution in [0, 0.1) is 0 Å². The highest BCUT2D eigenvalue weighted by atomic mass is 32.1. The van der Waals surface area contributed by atoms with Gasteiger partial charge in [0.15, 0.2) is 17.5 Å². The van der Waals surface area contributed by atoms with Crippen molar-refractivity contribution in [2.75, 3.05) is 33.6 Å². The number of nitrogens with zero attached hydrogens (tertiary/aromatic N) is 2. The third-order valence-electron chi connectivity index (χ3n) is 5.61. The average molecular weight is 417 g/mol. The van der Waals surface area contributed by atoms with Crippen LogP contribution in [0.3, 0.4) is 0 Å². The molecule has 1 aromatic heterocycles. The maximum Gasteiger partial charge on any atom is 0.231 e. The van der Waals surface area contributed by atoms with E-state index in [1.54, 1.807) is 18.4 Å². The van der Waals surface area contributed by atoms with Gasteiger partial charge in [-0.25, -0.2) is 4.98 Å². The molecule has 1 aromatic carbocycles. The van der Waals surface area contributed by atoms with Gasteiger partial charge in [-0.2, -0.15) is 0 Å². The lowest BCUT2D eigenvalue weighted by molar-refractivity contribution is 0.0513. The van der Waals surface area contributed by atoms with Crippen molar-refractivity contribution in [1.82, 2.24) is 15.6 Å². The van der Waals surface area contributed by atoms with Crippen molar-refractivity contribution in [3.8, 4) is 11.5 Å². The molecule has 0 bridgehead atoms. The molecule has 4 rings (SSSR count). The van der Waals surface area contributed by atoms with Gasteiger partial charge < -0.3 is 24.8 Å². The van der Waals surface area contributed by atoms with E-state index in [0.717, 1.165) is 61.5 Å². The monoisotopic (exact) mass is 416 g/mol. The van der Waals surface area contributed by atoms with E-state index in [0.29, 0.717) is 13.3 Å². The second-order valence-corrected chi connectivity index (χ2v) is 8.51. The lowest BCUT2D eigenvalue weighted by Gasteiger charge is -2.38. The number of ether oxygens (including phenoxy) is 3. The standard InChI is InChI=1S/C21H28N4O3S/c1-3-16-11-23-19(29-16)12-24-20(22-2)25-13-21(6-8-26-9-7-21)15-4-5-17-18(10-15)28-14-27-17/h4-5,10-11H,3,6-9,12-14H2,1-2H3,(H2,22,24,25). The van der Waals surface area contributed by atoms with E-state index in [1.165, 1.54) is 10.4 Å². The molecule has 2 aliphatic heterocycles. The fraction of sp³-hybridized carbons (Fsp3) is 0.524. The Morgan fingerprint density at radius 1 is 1.21 bits per heavy atom. The summed E-state index contributed by atoms with van der Waals surface area (Å²) < 4.78 is 16.7. The summed E-state index contributed by atoms with van der Waals surface area (Å²) in [6.07, 6.45) is 4.87. The quantitative estimate of drug-likeness (QED) is 0.557. The summed E-state index contributed by atoms with van der Waals surface area (Å²) in [5.41, 5.74) is 1.22. The van der Waals surface area contributed by atoms with E-state index >= 15 is 0 Å². The zero-order chi connectivity index (χ0) is 20.1. The summed E-state index contributed by atoms with van der Waals surface area (Å²) in [7, 11) is 1.80. The number of aryl methyl sites for hydroxylation is 1. The van der Waals surface area contributed by atoms with E-state index in [1.807, 2.05) is 12.3 Å². The predicted octanol–water partition coefficient (Wildman–Crippen LogP) is 2.85. The van der Waals surface area contributed by atoms with E-state index < -0.39 is 0 Å². The fourth-order valence-corrected chi connectivity index (χ4v) is 4.58. The molecule has 7 nitrogen and oxygen atoms in total. The van der Waals surface area contributed by atoms with Gasteiger partial charge in [0.1, 0.15) is 5.01 Å². The van der Waals surface area contributed by atoms with Gasteiger partial charge >= 0.3 is 0 Å². The third-order valence-corrected chi connectivity index (χ3v) is 6.75. The van der Waals surface area contributed by atoms with E-state index in [2.05, 4.69) is 39.7 Å². The van der Waals surface area contributed by atoms with Gasteiger partial charge in [0.05, 0.1) is 6.54 Å². The Labute approximate surface area is 175 Å². The lowest BCUT2D eigenvalue weighted by Crippen LogP contribution is -2.47. The van der Waals surface area contributed by atoms with Crippen LogP contribution in [0.2, 0.25) is 0 Å². The molecule has 2 N–H and O–H groups in total. The van der Waals surface area contributed by atoms with Crippen LogP contribution in [0.25, 0.3) is 0 Å². The molecule has 156 valence electrons. The number of aromatic nitrogens is 1. The zero-order valence-electron chi connectivity index (χ0n) is 17.0. The SMILES string of the molecule is CCc1cnc(CNC(=NC)NCC2(c3ccc4c(c3)OCO4)CCOCC2)s1. The van der Waals surface area contributed by atoms with Crippen LogP contribution < -0.4 is 20.1 Å². The number of hydrogen-bond acceptors (Lipinski definition) is 6. The first-order valence-corrected chi connectivity index (χ1v) is 10.9. The molecular weight excluding hydrogens is 388 g/mol. The smallest absolute Gasteiger partial charge is 0.231 e. The molecule has 1 saturated heterocycles. The van der Waals surface area contributed by atoms with Gasteiger partial charge in [-0.1, -0.05) is 13.0 Å². The molecule has 0 amide bonds. The molecule has 0 saturated carbocycles. The first-order valence-electron chi connectivity index (χ1n) is 10.1. The van der Waals surface area contributed by atoms with Crippen LogP contribution in [0.15, 0.2) is 29.4 Å². The molecule has 29 heavy (non-hydrogen) atoms. The topological polar surface area (TPSA) is 77.0 Å². The number of benzene rings is 1. The Kier molecular flexibility index (Phi) is 6.20. The first-order chi connectivity index (χ1) is 14.2. The molecule has 3 heterocycles. The molecular formula is C21H28N4O3S. The number of aliphatic imine (C=N–C) groups is 1. The molecule has 2 aromatic rings. The Balaban J connectivity index is 1.43. The minimum Gasteiger partial charge on any atom is -0.454 e. The summed E-state index contributed by atoms with van der Waals surface area (Å²) in [5.74, 6) is 2.42. The molecule has 0 atom stereocenters. The molecule has 2 aliphatic rings. The largest absolute Gasteiger partial charge is 0.454 e. The first kappa shape index (κ1) is 20.0. The van der Waals surface area contributed by atoms with Crippen molar-refractivity contribution >= 4 is 17.3 Å². The molecule has 0 aliphatic carbocycles. The van der Waals surface area contributed by atoms with Gasteiger partial charge in [0, 0.05) is 43.3 Å². The van der Waals surface area contributed by atoms with Crippen molar-refractivity contribution in [1.29, 1.82) is 0 Å². The maximum absolute atomic E-state index is 5.65. The van der Waals surface area contributed by atoms with Crippen LogP contribution in [0.4, 0.5) is 0 Å². The highest BCUT2D eigenvalue weighted by molar-refractivity contribution is 7.11. The maximum atomic E-state index is 5.65. The van der Waals surface area contributed by atoms with Crippen molar-refractivity contribution in [3.63, 3.8) is 0 Å². The second kappa shape index (κ2) is 9.00. The molecule has 0 radical (unpaired) electrons. The van der Waals surface area contributed by atoms with Crippen molar-refractivity contribution in [2.24, 2.45) is 4.99 Å². The highest BCUT2D eigenvalue weighted by Gasteiger charge is 2.35. The van der Waals surface area contributed by atoms with Gasteiger partial charge in [0.2, 0.25) is 6.79 Å². The number of guanidine groups is 1. The van der Waals surface area contributed by atoms with Crippen molar-refractivity contribution in [3.05, 3.63) is 39.8 Å². The van der Waals surface area contributed by atoms with Crippen molar-refractivity contribution < 1.29 is 14.2 Å². The summed E-state index contributed by atoms with van der Waals surface area (Å²) in [5, 5.41) is 7.98. The zero-order valence-corrected chi connectivity index (χ0v) is 17.8. The minimum absolute atomic E-state index is 0.0343. The van der Waals surface area contributed by atoms with Gasteiger partial charge in [-0.3, -0.25) is 4.99 Å². The summed E-state index contributed by atoms with van der Waals surface area (Å²) in [6, 6.07) is 6.28. The van der Waals surface area contributed by atoms with Crippen LogP contribution in [0.5, 0.6) is 11.5 Å². The third kappa shape index (κ3) is 4.48. The van der Waals surface area contributed by atoms with Crippen molar-refractivity contribution in [2.45, 2.75) is 38.1 Å². The summed E-state index contributed by atoms with van der Waals surface area (Å²) >= 11 is 1.74. The molecule has 8 heteroatoms. The van der Waals surface area contributed by atoms with Gasteiger partial charge in [-0.05, 0) is 37.0 Å². The molecule has 0 unspecified atom stereocenters. The Morgan fingerprint density at radius 2 is 2.03 bits per heavy atom. The Hall–Kier alpha value is -2.32. The number of hydrogen-bond donors (Lipinski definition) is 2. The predicted molar refractivity (Wildman–Crippen MR) is 114 cm³/mol. The Bertz CT molecular complexity index is 861. The van der Waals surface area contributed by atoms with Gasteiger partial charge in [0.25, 0.3) is 0 Å². The second-order valence-electron chi connectivity index (χ2n) is 7.31. The fourth-order valence-electron chi connectivity index (χ4n) is 3.78. The van der Waals surface area contributed by atoms with E-state index in [4.69, 9.17) is 14.2 Å². The van der Waals surface area contributed by atoms with Crippen LogP contribution in [-0.2, 0) is 23.1 Å². The minimum atomic E-state index is -0.0343. The Morgan fingerprint density at radius 3 is 2.79 bits per heavy atom. The van der Waals surface area contributed by atoms with Crippen LogP contribution >= 0.6 is 11.3 Å². The number of fused-ring (bicyclic) bond motifs is 1. The van der Waals surface area contributed by atoms with Gasteiger partial charge in [-0.15, -0.1) is 11.3 Å². The summed E-state index contributed by atoms with van der Waals surface area (Å²) in [4.78, 5) is 10.2. The van der Waals surface area contributed by atoms with E-state index in [9.17, 15) is 0 Å². The summed E-state index contributed by atoms with van der Waals surface area (Å²) in [6.45, 7) is 5.38. The van der Waals surface area contributed by atoms with Crippen LogP contribution in [0.1, 0.15) is 35.2 Å². The number of nitrogens with one attached hydrogen (secondary N) is 2. The average Bonchev–Trinajstić information content (AvgIpc) is 3.43. The molecule has 0 spiro atoms. The lowest BCUT2D eigenvalue weighted by atomic mass is 9.74. The van der Waals surface area contributed by atoms with E-state index in [-0.39, 0.29) is 5.41 Å². The highest BCUT2D eigenvalue weighted by Crippen LogP contribution is 2.40. The normalized spacial score (nSPS) is 17.9. The van der Waals surface area contributed by atoms with Crippen LogP contribution in [-0.4, -0.2) is 44.5 Å². The number of thiazole rings is 1. The number of rotatable bonds is 6. The molecule has 1 fully saturated rings.